The zero-order chi connectivity index (χ0) is 15.0. The van der Waals surface area contributed by atoms with Crippen molar-refractivity contribution < 1.29 is 9.53 Å². The molecule has 0 aromatic carbocycles. The highest BCUT2D eigenvalue weighted by molar-refractivity contribution is 5.81. The van der Waals surface area contributed by atoms with Crippen molar-refractivity contribution in [2.45, 2.75) is 52.1 Å². The third-order valence-electron chi connectivity index (χ3n) is 3.75. The lowest BCUT2D eigenvalue weighted by Crippen LogP contribution is -2.51. The molecule has 0 spiro atoms. The van der Waals surface area contributed by atoms with Crippen molar-refractivity contribution in [1.82, 2.24) is 10.2 Å². The second-order valence-electron chi connectivity index (χ2n) is 6.07. The number of hydrogen-bond donors (Lipinski definition) is 2. The van der Waals surface area contributed by atoms with Crippen molar-refractivity contribution >= 4 is 5.91 Å². The zero-order valence-corrected chi connectivity index (χ0v) is 13.2. The highest BCUT2D eigenvalue weighted by atomic mass is 16.5. The Hall–Kier alpha value is -0.650. The Morgan fingerprint density at radius 3 is 2.55 bits per heavy atom. The van der Waals surface area contributed by atoms with Crippen LogP contribution in [-0.2, 0) is 9.53 Å². The molecule has 0 aromatic heterocycles. The van der Waals surface area contributed by atoms with Crippen LogP contribution in [0.1, 0.15) is 40.0 Å². The maximum absolute atomic E-state index is 11.9. The first kappa shape index (κ1) is 17.4. The molecule has 0 radical (unpaired) electrons. The van der Waals surface area contributed by atoms with E-state index in [1.807, 2.05) is 6.92 Å². The number of ether oxygens (including phenoxy) is 1. The fourth-order valence-corrected chi connectivity index (χ4v) is 2.64. The molecule has 2 atom stereocenters. The van der Waals surface area contributed by atoms with Gasteiger partial charge in [0.05, 0.1) is 19.3 Å². The van der Waals surface area contributed by atoms with Crippen molar-refractivity contribution in [3.63, 3.8) is 0 Å². The largest absolute Gasteiger partial charge is 0.379 e. The molecule has 1 amide bonds. The number of nitrogens with two attached hydrogens (primary N) is 1. The molecule has 20 heavy (non-hydrogen) atoms. The average Bonchev–Trinajstić information content (AvgIpc) is 2.44. The van der Waals surface area contributed by atoms with Crippen LogP contribution in [0.5, 0.6) is 0 Å². The van der Waals surface area contributed by atoms with E-state index in [0.29, 0.717) is 18.5 Å². The molecule has 0 saturated carbocycles. The Labute approximate surface area is 123 Å². The maximum Gasteiger partial charge on any atom is 0.236 e. The minimum Gasteiger partial charge on any atom is -0.379 e. The highest BCUT2D eigenvalue weighted by Gasteiger charge is 2.23. The molecule has 0 bridgehead atoms. The summed E-state index contributed by atoms with van der Waals surface area (Å²) in [6, 6.07) is 0.0149. The van der Waals surface area contributed by atoms with Gasteiger partial charge < -0.3 is 15.8 Å². The summed E-state index contributed by atoms with van der Waals surface area (Å²) in [4.78, 5) is 14.4. The van der Waals surface area contributed by atoms with Crippen LogP contribution in [0.3, 0.4) is 0 Å². The molecule has 5 nitrogen and oxygen atoms in total. The first-order valence-electron chi connectivity index (χ1n) is 7.89. The molecule has 1 rings (SSSR count). The van der Waals surface area contributed by atoms with E-state index in [1.54, 1.807) is 0 Å². The fourth-order valence-electron chi connectivity index (χ4n) is 2.64. The number of nitrogens with one attached hydrogen (secondary N) is 1. The van der Waals surface area contributed by atoms with E-state index >= 15 is 0 Å². The first-order valence-corrected chi connectivity index (χ1v) is 7.89. The number of carbonyl (C=O) groups excluding carboxylic acids is 1. The maximum atomic E-state index is 11.9. The number of amides is 1. The number of nitrogens with zero attached hydrogens (tertiary/aromatic N) is 1. The van der Waals surface area contributed by atoms with Crippen molar-refractivity contribution in [3.8, 4) is 0 Å². The zero-order valence-electron chi connectivity index (χ0n) is 13.2. The monoisotopic (exact) mass is 285 g/mol. The lowest BCUT2D eigenvalue weighted by Gasteiger charge is -2.35. The van der Waals surface area contributed by atoms with Crippen LogP contribution in [0, 0.1) is 5.92 Å². The number of rotatable bonds is 8. The number of carbonyl (C=O) groups is 1. The SMILES string of the molecule is CCCC(N)C(=O)NCC(CC(C)C)N1CCOCC1. The Morgan fingerprint density at radius 1 is 1.35 bits per heavy atom. The van der Waals surface area contributed by atoms with Crippen LogP contribution >= 0.6 is 0 Å². The second kappa shape index (κ2) is 9.32. The molecule has 1 fully saturated rings. The Balaban J connectivity index is 2.45. The van der Waals surface area contributed by atoms with Gasteiger partial charge in [0.25, 0.3) is 0 Å². The van der Waals surface area contributed by atoms with Gasteiger partial charge in [-0.2, -0.15) is 0 Å². The van der Waals surface area contributed by atoms with Gasteiger partial charge in [-0.25, -0.2) is 0 Å². The summed E-state index contributed by atoms with van der Waals surface area (Å²) < 4.78 is 5.40. The van der Waals surface area contributed by atoms with Gasteiger partial charge >= 0.3 is 0 Å². The van der Waals surface area contributed by atoms with Gasteiger partial charge in [-0.3, -0.25) is 9.69 Å². The number of hydrogen-bond acceptors (Lipinski definition) is 4. The predicted molar refractivity (Wildman–Crippen MR) is 81.5 cm³/mol. The van der Waals surface area contributed by atoms with E-state index in [4.69, 9.17) is 10.5 Å². The van der Waals surface area contributed by atoms with E-state index in [1.165, 1.54) is 0 Å². The molecule has 5 heteroatoms. The third kappa shape index (κ3) is 6.20. The minimum absolute atomic E-state index is 0.0196. The minimum atomic E-state index is -0.371. The lowest BCUT2D eigenvalue weighted by atomic mass is 10.0. The molecule has 1 aliphatic rings. The van der Waals surface area contributed by atoms with Crippen molar-refractivity contribution in [2.75, 3.05) is 32.8 Å². The lowest BCUT2D eigenvalue weighted by molar-refractivity contribution is -0.122. The standard InChI is InChI=1S/C15H31N3O2/c1-4-5-14(16)15(19)17-11-13(10-12(2)3)18-6-8-20-9-7-18/h12-14H,4-11,16H2,1-3H3,(H,17,19). The van der Waals surface area contributed by atoms with Crippen LogP contribution in [-0.4, -0.2) is 55.7 Å². The predicted octanol–water partition coefficient (Wildman–Crippen LogP) is 0.977. The molecule has 0 aliphatic carbocycles. The van der Waals surface area contributed by atoms with Gasteiger partial charge in [0.2, 0.25) is 5.91 Å². The average molecular weight is 285 g/mol. The Bertz CT molecular complexity index is 278. The Kier molecular flexibility index (Phi) is 8.11. The van der Waals surface area contributed by atoms with Crippen LogP contribution < -0.4 is 11.1 Å². The van der Waals surface area contributed by atoms with Crippen molar-refractivity contribution in [1.29, 1.82) is 0 Å². The van der Waals surface area contributed by atoms with Gasteiger partial charge in [-0.15, -0.1) is 0 Å². The molecular weight excluding hydrogens is 254 g/mol. The van der Waals surface area contributed by atoms with E-state index in [-0.39, 0.29) is 11.9 Å². The van der Waals surface area contributed by atoms with E-state index in [0.717, 1.165) is 45.6 Å². The normalized spacial score (nSPS) is 19.9. The molecule has 1 aliphatic heterocycles. The molecule has 2 unspecified atom stereocenters. The smallest absolute Gasteiger partial charge is 0.236 e. The van der Waals surface area contributed by atoms with Gasteiger partial charge in [-0.1, -0.05) is 27.2 Å². The van der Waals surface area contributed by atoms with Crippen molar-refractivity contribution in [3.05, 3.63) is 0 Å². The molecule has 1 heterocycles. The van der Waals surface area contributed by atoms with Crippen LogP contribution in [0.2, 0.25) is 0 Å². The molecule has 1 saturated heterocycles. The summed E-state index contributed by atoms with van der Waals surface area (Å²) in [5, 5.41) is 3.02. The Morgan fingerprint density at radius 2 is 2.00 bits per heavy atom. The van der Waals surface area contributed by atoms with Gasteiger partial charge in [0, 0.05) is 25.7 Å². The van der Waals surface area contributed by atoms with E-state index < -0.39 is 0 Å². The van der Waals surface area contributed by atoms with Crippen LogP contribution in [0.15, 0.2) is 0 Å². The van der Waals surface area contributed by atoms with E-state index in [2.05, 4.69) is 24.1 Å². The van der Waals surface area contributed by atoms with Gasteiger partial charge in [-0.05, 0) is 18.8 Å². The molecule has 3 N–H and O–H groups in total. The first-order chi connectivity index (χ1) is 9.54. The van der Waals surface area contributed by atoms with Crippen molar-refractivity contribution in [2.24, 2.45) is 11.7 Å². The summed E-state index contributed by atoms with van der Waals surface area (Å²) in [5.74, 6) is 0.595. The molecular formula is C15H31N3O2. The van der Waals surface area contributed by atoms with E-state index in [9.17, 15) is 4.79 Å². The molecule has 0 aromatic rings. The summed E-state index contributed by atoms with van der Waals surface area (Å²) in [6.45, 7) is 10.7. The van der Waals surface area contributed by atoms with Gasteiger partial charge in [0.1, 0.15) is 0 Å². The van der Waals surface area contributed by atoms with Gasteiger partial charge in [0.15, 0.2) is 0 Å². The number of morpholine rings is 1. The second-order valence-corrected chi connectivity index (χ2v) is 6.07. The molecule has 118 valence electrons. The summed E-state index contributed by atoms with van der Waals surface area (Å²) in [7, 11) is 0. The third-order valence-corrected chi connectivity index (χ3v) is 3.75. The summed E-state index contributed by atoms with van der Waals surface area (Å²) >= 11 is 0. The summed E-state index contributed by atoms with van der Waals surface area (Å²) in [5.41, 5.74) is 5.85. The van der Waals surface area contributed by atoms with Crippen LogP contribution in [0.25, 0.3) is 0 Å². The van der Waals surface area contributed by atoms with Crippen LogP contribution in [0.4, 0.5) is 0 Å². The quantitative estimate of drug-likeness (QED) is 0.697. The fraction of sp³-hybridized carbons (Fsp3) is 0.933. The topological polar surface area (TPSA) is 67.6 Å². The highest BCUT2D eigenvalue weighted by Crippen LogP contribution is 2.13. The summed E-state index contributed by atoms with van der Waals surface area (Å²) in [6.07, 6.45) is 2.77.